The molecule has 29 heavy (non-hydrogen) atoms. The Morgan fingerprint density at radius 3 is 2.24 bits per heavy atom. The van der Waals surface area contributed by atoms with Crippen molar-refractivity contribution >= 4 is 11.9 Å². The zero-order chi connectivity index (χ0) is 21.5. The molecule has 0 aliphatic rings. The van der Waals surface area contributed by atoms with E-state index in [4.69, 9.17) is 0 Å². The van der Waals surface area contributed by atoms with Crippen LogP contribution in [0.15, 0.2) is 59.6 Å². The van der Waals surface area contributed by atoms with Crippen molar-refractivity contribution in [2.24, 2.45) is 4.99 Å². The van der Waals surface area contributed by atoms with E-state index >= 15 is 0 Å². The Morgan fingerprint density at radius 2 is 1.62 bits per heavy atom. The maximum atomic E-state index is 12.4. The summed E-state index contributed by atoms with van der Waals surface area (Å²) < 4.78 is 0. The van der Waals surface area contributed by atoms with Gasteiger partial charge in [-0.25, -0.2) is 0 Å². The molecule has 0 saturated carbocycles. The lowest BCUT2D eigenvalue weighted by Gasteiger charge is -2.26. The average Bonchev–Trinajstić information content (AvgIpc) is 2.68. The second kappa shape index (κ2) is 9.59. The van der Waals surface area contributed by atoms with Crippen LogP contribution in [-0.2, 0) is 12.0 Å². The van der Waals surface area contributed by atoms with Crippen LogP contribution in [0.25, 0.3) is 0 Å². The van der Waals surface area contributed by atoms with Gasteiger partial charge in [-0.2, -0.15) is 0 Å². The van der Waals surface area contributed by atoms with E-state index < -0.39 is 0 Å². The van der Waals surface area contributed by atoms with Crippen LogP contribution < -0.4 is 16.0 Å². The third kappa shape index (κ3) is 7.26. The Kier molecular flexibility index (Phi) is 7.43. The van der Waals surface area contributed by atoms with Crippen molar-refractivity contribution in [3.8, 4) is 0 Å². The van der Waals surface area contributed by atoms with Crippen LogP contribution in [0.2, 0.25) is 0 Å². The van der Waals surface area contributed by atoms with E-state index in [2.05, 4.69) is 59.1 Å². The zero-order valence-corrected chi connectivity index (χ0v) is 18.5. The molecule has 0 unspecified atom stereocenters. The molecule has 0 saturated heterocycles. The number of amides is 1. The summed E-state index contributed by atoms with van der Waals surface area (Å²) in [6.07, 6.45) is 0. The Bertz CT molecular complexity index is 835. The summed E-state index contributed by atoms with van der Waals surface area (Å²) in [5, 5.41) is 9.73. The highest BCUT2D eigenvalue weighted by Crippen LogP contribution is 2.21. The van der Waals surface area contributed by atoms with Gasteiger partial charge in [0.25, 0.3) is 5.91 Å². The number of guanidine groups is 1. The van der Waals surface area contributed by atoms with Gasteiger partial charge in [0.2, 0.25) is 0 Å². The molecule has 0 fully saturated rings. The Balaban J connectivity index is 1.94. The second-order valence-electron chi connectivity index (χ2n) is 8.93. The lowest BCUT2D eigenvalue weighted by atomic mass is 9.85. The van der Waals surface area contributed by atoms with Crippen LogP contribution in [0.5, 0.6) is 0 Å². The number of hydrogen-bond acceptors (Lipinski definition) is 2. The summed E-state index contributed by atoms with van der Waals surface area (Å²) in [7, 11) is 1.76. The zero-order valence-electron chi connectivity index (χ0n) is 18.5. The molecule has 0 atom stereocenters. The number of aliphatic imine (C=N–C) groups is 1. The third-order valence-corrected chi connectivity index (χ3v) is 4.61. The highest BCUT2D eigenvalue weighted by Gasteiger charge is 2.20. The summed E-state index contributed by atoms with van der Waals surface area (Å²) in [6, 6.07) is 18.1. The summed E-state index contributed by atoms with van der Waals surface area (Å²) in [6.45, 7) is 11.7. The predicted octanol–water partition coefficient (Wildman–Crippen LogP) is 3.86. The van der Waals surface area contributed by atoms with Crippen molar-refractivity contribution in [2.75, 3.05) is 13.6 Å². The molecule has 156 valence electrons. The van der Waals surface area contributed by atoms with Gasteiger partial charge in [-0.1, -0.05) is 56.3 Å². The minimum absolute atomic E-state index is 0.0240. The van der Waals surface area contributed by atoms with Gasteiger partial charge >= 0.3 is 0 Å². The number of rotatable bonds is 6. The lowest BCUT2D eigenvalue weighted by molar-refractivity contribution is 0.0919. The normalized spacial score (nSPS) is 12.4. The van der Waals surface area contributed by atoms with Gasteiger partial charge in [0.05, 0.1) is 0 Å². The van der Waals surface area contributed by atoms with Crippen LogP contribution >= 0.6 is 0 Å². The van der Waals surface area contributed by atoms with Gasteiger partial charge < -0.3 is 16.0 Å². The third-order valence-electron chi connectivity index (χ3n) is 4.61. The molecule has 2 rings (SSSR count). The van der Waals surface area contributed by atoms with E-state index in [-0.39, 0.29) is 16.9 Å². The highest BCUT2D eigenvalue weighted by atomic mass is 16.1. The molecule has 0 radical (unpaired) electrons. The van der Waals surface area contributed by atoms with Gasteiger partial charge in [-0.05, 0) is 44.0 Å². The smallest absolute Gasteiger partial charge is 0.251 e. The molecule has 0 aliphatic heterocycles. The molecular weight excluding hydrogens is 360 g/mol. The average molecular weight is 395 g/mol. The number of nitrogens with zero attached hydrogens (tertiary/aromatic N) is 1. The molecule has 5 nitrogen and oxygen atoms in total. The van der Waals surface area contributed by atoms with Crippen LogP contribution in [0, 0.1) is 0 Å². The maximum Gasteiger partial charge on any atom is 0.251 e. The van der Waals surface area contributed by atoms with Crippen molar-refractivity contribution in [1.82, 2.24) is 16.0 Å². The van der Waals surface area contributed by atoms with E-state index in [1.54, 1.807) is 7.05 Å². The van der Waals surface area contributed by atoms with E-state index in [1.165, 1.54) is 5.56 Å². The molecule has 0 aromatic heterocycles. The first-order chi connectivity index (χ1) is 13.6. The number of carbonyl (C=O) groups is 1. The Morgan fingerprint density at radius 1 is 0.931 bits per heavy atom. The second-order valence-corrected chi connectivity index (χ2v) is 8.93. The van der Waals surface area contributed by atoms with Crippen molar-refractivity contribution in [3.63, 3.8) is 0 Å². The van der Waals surface area contributed by atoms with E-state index in [9.17, 15) is 4.79 Å². The maximum absolute atomic E-state index is 12.4. The first kappa shape index (κ1) is 22.5. The predicted molar refractivity (Wildman–Crippen MR) is 121 cm³/mol. The number of nitrogens with one attached hydrogen (secondary N) is 3. The molecule has 5 heteroatoms. The molecule has 0 bridgehead atoms. The summed E-state index contributed by atoms with van der Waals surface area (Å²) in [5.74, 6) is 0.671. The van der Waals surface area contributed by atoms with Gasteiger partial charge in [0.15, 0.2) is 5.96 Å². The summed E-state index contributed by atoms with van der Waals surface area (Å²) in [5.41, 5.74) is 2.68. The van der Waals surface area contributed by atoms with Crippen LogP contribution in [-0.4, -0.2) is 31.0 Å². The number of carbonyl (C=O) groups excluding carboxylic acids is 1. The van der Waals surface area contributed by atoms with Gasteiger partial charge in [-0.3, -0.25) is 9.79 Å². The van der Waals surface area contributed by atoms with Crippen molar-refractivity contribution < 1.29 is 4.79 Å². The Labute approximate surface area is 175 Å². The molecule has 2 aromatic carbocycles. The fourth-order valence-corrected chi connectivity index (χ4v) is 2.94. The van der Waals surface area contributed by atoms with Gasteiger partial charge in [0, 0.05) is 36.7 Å². The molecular formula is C24H34N4O. The van der Waals surface area contributed by atoms with E-state index in [0.29, 0.717) is 12.1 Å². The molecule has 3 N–H and O–H groups in total. The quantitative estimate of drug-likeness (QED) is 0.515. The van der Waals surface area contributed by atoms with E-state index in [0.717, 1.165) is 18.1 Å². The highest BCUT2D eigenvalue weighted by molar-refractivity contribution is 5.94. The summed E-state index contributed by atoms with van der Waals surface area (Å²) in [4.78, 5) is 16.7. The van der Waals surface area contributed by atoms with Crippen LogP contribution in [0.3, 0.4) is 0 Å². The topological polar surface area (TPSA) is 65.5 Å². The van der Waals surface area contributed by atoms with Crippen LogP contribution in [0.1, 0.15) is 56.1 Å². The van der Waals surface area contributed by atoms with Crippen molar-refractivity contribution in [2.45, 2.75) is 52.1 Å². The minimum Gasteiger partial charge on any atom is -0.356 e. The SMILES string of the molecule is CN=C(NCc1cccc(C(=O)NC(C)(C)C)c1)NCC(C)(C)c1ccccc1. The first-order valence-corrected chi connectivity index (χ1v) is 10.0. The van der Waals surface area contributed by atoms with Gasteiger partial charge in [-0.15, -0.1) is 0 Å². The Hall–Kier alpha value is -2.82. The molecule has 0 spiro atoms. The molecule has 1 amide bonds. The number of hydrogen-bond donors (Lipinski definition) is 3. The first-order valence-electron chi connectivity index (χ1n) is 10.0. The van der Waals surface area contributed by atoms with Crippen molar-refractivity contribution in [3.05, 3.63) is 71.3 Å². The standard InChI is InChI=1S/C24H34N4O/c1-23(2,3)28-21(29)19-12-10-11-18(15-19)16-26-22(25-6)27-17-24(4,5)20-13-8-7-9-14-20/h7-15H,16-17H2,1-6H3,(H,28,29)(H2,25,26,27). The van der Waals surface area contributed by atoms with Gasteiger partial charge in [0.1, 0.15) is 0 Å². The molecule has 0 heterocycles. The molecule has 2 aromatic rings. The minimum atomic E-state index is -0.261. The monoisotopic (exact) mass is 394 g/mol. The van der Waals surface area contributed by atoms with E-state index in [1.807, 2.05) is 51.1 Å². The summed E-state index contributed by atoms with van der Waals surface area (Å²) >= 11 is 0. The number of benzene rings is 2. The fourth-order valence-electron chi connectivity index (χ4n) is 2.94. The largest absolute Gasteiger partial charge is 0.356 e. The lowest BCUT2D eigenvalue weighted by Crippen LogP contribution is -2.43. The van der Waals surface area contributed by atoms with Crippen molar-refractivity contribution in [1.29, 1.82) is 0 Å². The van der Waals surface area contributed by atoms with Crippen LogP contribution in [0.4, 0.5) is 0 Å². The fraction of sp³-hybridized carbons (Fsp3) is 0.417. The molecule has 0 aliphatic carbocycles.